The molecule has 1 nitrogen and oxygen atoms in total. The summed E-state index contributed by atoms with van der Waals surface area (Å²) >= 11 is 1.91. The second-order valence-electron chi connectivity index (χ2n) is 3.64. The number of rotatable bonds is 7. The maximum absolute atomic E-state index is 3.18. The number of nitrogens with one attached hydrogen (secondary N) is 1. The zero-order valence-electron chi connectivity index (χ0n) is 9.75. The molecule has 0 heterocycles. The molecule has 0 amide bonds. The molecule has 0 aliphatic carbocycles. The fourth-order valence-corrected chi connectivity index (χ4v) is 2.21. The number of aryl methyl sites for hydroxylation is 1. The van der Waals surface area contributed by atoms with Gasteiger partial charge in [0.05, 0.1) is 0 Å². The minimum absolute atomic E-state index is 1.13. The topological polar surface area (TPSA) is 12.0 Å². The Hall–Kier alpha value is -0.470. The van der Waals surface area contributed by atoms with Gasteiger partial charge in [-0.25, -0.2) is 0 Å². The molecule has 15 heavy (non-hydrogen) atoms. The van der Waals surface area contributed by atoms with E-state index in [-0.39, 0.29) is 0 Å². The maximum Gasteiger partial charge on any atom is 0.00720 e. The summed E-state index contributed by atoms with van der Waals surface area (Å²) in [5.74, 6) is 1.15. The highest BCUT2D eigenvalue weighted by Crippen LogP contribution is 2.18. The van der Waals surface area contributed by atoms with Crippen LogP contribution < -0.4 is 5.32 Å². The van der Waals surface area contributed by atoms with E-state index in [9.17, 15) is 0 Å². The quantitative estimate of drug-likeness (QED) is 0.562. The van der Waals surface area contributed by atoms with E-state index >= 15 is 0 Å². The van der Waals surface area contributed by atoms with Gasteiger partial charge < -0.3 is 5.32 Å². The Balaban J connectivity index is 2.29. The zero-order chi connectivity index (χ0) is 10.9. The van der Waals surface area contributed by atoms with E-state index in [0.29, 0.717) is 0 Å². The van der Waals surface area contributed by atoms with Crippen LogP contribution in [0, 0.1) is 0 Å². The predicted molar refractivity (Wildman–Crippen MR) is 69.7 cm³/mol. The van der Waals surface area contributed by atoms with Gasteiger partial charge in [-0.15, -0.1) is 11.8 Å². The van der Waals surface area contributed by atoms with Crippen LogP contribution in [0.25, 0.3) is 0 Å². The van der Waals surface area contributed by atoms with Gasteiger partial charge in [0, 0.05) is 4.90 Å². The van der Waals surface area contributed by atoms with Crippen molar-refractivity contribution < 1.29 is 0 Å². The number of unbranched alkanes of at least 4 members (excludes halogenated alkanes) is 1. The molecule has 2 heteroatoms. The van der Waals surface area contributed by atoms with Crippen molar-refractivity contribution in [1.29, 1.82) is 0 Å². The van der Waals surface area contributed by atoms with E-state index in [0.717, 1.165) is 12.3 Å². The molecule has 0 saturated carbocycles. The first-order valence-electron chi connectivity index (χ1n) is 5.73. The summed E-state index contributed by atoms with van der Waals surface area (Å²) in [7, 11) is 2.01. The molecule has 1 rings (SSSR count). The molecule has 84 valence electrons. The third-order valence-corrected chi connectivity index (χ3v) is 3.27. The van der Waals surface area contributed by atoms with E-state index in [1.807, 2.05) is 18.8 Å². The fourth-order valence-electron chi connectivity index (χ4n) is 1.55. The Morgan fingerprint density at radius 3 is 2.47 bits per heavy atom. The second kappa shape index (κ2) is 7.77. The molecular weight excluding hydrogens is 202 g/mol. The molecule has 1 N–H and O–H groups in total. The molecule has 0 fully saturated rings. The molecule has 0 bridgehead atoms. The lowest BCUT2D eigenvalue weighted by Gasteiger charge is -2.03. The van der Waals surface area contributed by atoms with Crippen LogP contribution in [0.4, 0.5) is 0 Å². The molecule has 0 aliphatic heterocycles. The Morgan fingerprint density at radius 1 is 1.13 bits per heavy atom. The molecule has 0 saturated heterocycles. The molecule has 0 unspecified atom stereocenters. The van der Waals surface area contributed by atoms with Crippen LogP contribution in [0.15, 0.2) is 29.2 Å². The monoisotopic (exact) mass is 223 g/mol. The van der Waals surface area contributed by atoms with Gasteiger partial charge in [-0.1, -0.05) is 19.1 Å². The number of hydrogen-bond acceptors (Lipinski definition) is 2. The van der Waals surface area contributed by atoms with Crippen molar-refractivity contribution in [3.05, 3.63) is 29.8 Å². The van der Waals surface area contributed by atoms with Crippen LogP contribution in [0.3, 0.4) is 0 Å². The summed E-state index contributed by atoms with van der Waals surface area (Å²) in [4.78, 5) is 1.39. The van der Waals surface area contributed by atoms with E-state index in [4.69, 9.17) is 0 Å². The number of hydrogen-bond donors (Lipinski definition) is 1. The highest BCUT2D eigenvalue weighted by Gasteiger charge is 1.95. The zero-order valence-corrected chi connectivity index (χ0v) is 10.6. The standard InChI is InChI=1S/C13H21NS/c1-3-15-13-9-7-12(8-10-13)6-4-5-11-14-2/h7-10,14H,3-6,11H2,1-2H3. The summed E-state index contributed by atoms with van der Waals surface area (Å²) in [5, 5.41) is 3.18. The second-order valence-corrected chi connectivity index (χ2v) is 4.98. The Labute approximate surface area is 97.7 Å². The first-order chi connectivity index (χ1) is 7.36. The fraction of sp³-hybridized carbons (Fsp3) is 0.538. The molecule has 1 aromatic carbocycles. The van der Waals surface area contributed by atoms with Gasteiger partial charge in [-0.2, -0.15) is 0 Å². The van der Waals surface area contributed by atoms with E-state index < -0.39 is 0 Å². The van der Waals surface area contributed by atoms with Gasteiger partial charge in [0.2, 0.25) is 0 Å². The first kappa shape index (κ1) is 12.6. The van der Waals surface area contributed by atoms with Crippen LogP contribution >= 0.6 is 11.8 Å². The summed E-state index contributed by atoms with van der Waals surface area (Å²) in [6, 6.07) is 9.00. The van der Waals surface area contributed by atoms with E-state index in [1.165, 1.54) is 29.7 Å². The molecule has 0 aliphatic rings. The van der Waals surface area contributed by atoms with Crippen LogP contribution in [0.2, 0.25) is 0 Å². The molecular formula is C13H21NS. The SMILES string of the molecule is CCSc1ccc(CCCCNC)cc1. The lowest BCUT2D eigenvalue weighted by Crippen LogP contribution is -2.07. The maximum atomic E-state index is 3.18. The summed E-state index contributed by atoms with van der Waals surface area (Å²) in [5.41, 5.74) is 1.46. The molecule has 0 aromatic heterocycles. The molecule has 0 atom stereocenters. The van der Waals surface area contributed by atoms with E-state index in [2.05, 4.69) is 36.5 Å². The van der Waals surface area contributed by atoms with Gasteiger partial charge in [-0.3, -0.25) is 0 Å². The van der Waals surface area contributed by atoms with Crippen molar-refractivity contribution in [2.24, 2.45) is 0 Å². The van der Waals surface area contributed by atoms with Crippen LogP contribution in [-0.2, 0) is 6.42 Å². The van der Waals surface area contributed by atoms with Crippen molar-refractivity contribution in [2.75, 3.05) is 19.3 Å². The van der Waals surface area contributed by atoms with Gasteiger partial charge in [0.1, 0.15) is 0 Å². The third kappa shape index (κ3) is 5.24. The highest BCUT2D eigenvalue weighted by atomic mass is 32.2. The average molecular weight is 223 g/mol. The average Bonchev–Trinajstić information content (AvgIpc) is 2.27. The Morgan fingerprint density at radius 2 is 1.87 bits per heavy atom. The van der Waals surface area contributed by atoms with Gasteiger partial charge >= 0.3 is 0 Å². The lowest BCUT2D eigenvalue weighted by molar-refractivity contribution is 0.677. The normalized spacial score (nSPS) is 10.5. The minimum Gasteiger partial charge on any atom is -0.320 e. The van der Waals surface area contributed by atoms with Crippen LogP contribution in [0.1, 0.15) is 25.3 Å². The minimum atomic E-state index is 1.13. The first-order valence-corrected chi connectivity index (χ1v) is 6.71. The molecule has 0 radical (unpaired) electrons. The van der Waals surface area contributed by atoms with Gasteiger partial charge in [0.15, 0.2) is 0 Å². The van der Waals surface area contributed by atoms with Crippen LogP contribution in [-0.4, -0.2) is 19.3 Å². The third-order valence-electron chi connectivity index (χ3n) is 2.38. The van der Waals surface area contributed by atoms with Crippen molar-refractivity contribution >= 4 is 11.8 Å². The highest BCUT2D eigenvalue weighted by molar-refractivity contribution is 7.99. The lowest BCUT2D eigenvalue weighted by atomic mass is 10.1. The largest absolute Gasteiger partial charge is 0.320 e. The molecule has 0 spiro atoms. The number of thioether (sulfide) groups is 1. The van der Waals surface area contributed by atoms with Crippen molar-refractivity contribution in [3.63, 3.8) is 0 Å². The smallest absolute Gasteiger partial charge is 0.00720 e. The molecule has 1 aromatic rings. The predicted octanol–water partition coefficient (Wildman–Crippen LogP) is 3.34. The van der Waals surface area contributed by atoms with Gasteiger partial charge in [-0.05, 0) is 56.3 Å². The Bertz CT molecular complexity index is 256. The van der Waals surface area contributed by atoms with Gasteiger partial charge in [0.25, 0.3) is 0 Å². The summed E-state index contributed by atoms with van der Waals surface area (Å²) in [6.07, 6.45) is 3.75. The van der Waals surface area contributed by atoms with E-state index in [1.54, 1.807) is 0 Å². The van der Waals surface area contributed by atoms with Crippen molar-refractivity contribution in [1.82, 2.24) is 5.32 Å². The Kier molecular flexibility index (Phi) is 6.53. The van der Waals surface area contributed by atoms with Crippen molar-refractivity contribution in [3.8, 4) is 0 Å². The number of benzene rings is 1. The van der Waals surface area contributed by atoms with Crippen molar-refractivity contribution in [2.45, 2.75) is 31.1 Å². The summed E-state index contributed by atoms with van der Waals surface area (Å²) < 4.78 is 0. The van der Waals surface area contributed by atoms with Crippen LogP contribution in [0.5, 0.6) is 0 Å². The summed E-state index contributed by atoms with van der Waals surface area (Å²) in [6.45, 7) is 3.32.